The van der Waals surface area contributed by atoms with Gasteiger partial charge in [-0.3, -0.25) is 14.8 Å². The van der Waals surface area contributed by atoms with Crippen molar-refractivity contribution in [2.24, 2.45) is 0 Å². The highest BCUT2D eigenvalue weighted by Gasteiger charge is 2.16. The molecule has 0 fully saturated rings. The Morgan fingerprint density at radius 1 is 1.27 bits per heavy atom. The summed E-state index contributed by atoms with van der Waals surface area (Å²) in [5.41, 5.74) is 0.694. The highest BCUT2D eigenvalue weighted by molar-refractivity contribution is 7.99. The van der Waals surface area contributed by atoms with Crippen molar-refractivity contribution in [2.75, 3.05) is 11.1 Å². The lowest BCUT2D eigenvalue weighted by Gasteiger charge is -2.07. The largest absolute Gasteiger partial charge is 0.401 e. The van der Waals surface area contributed by atoms with Crippen LogP contribution in [0.25, 0.3) is 11.6 Å². The van der Waals surface area contributed by atoms with Gasteiger partial charge in [0.15, 0.2) is 0 Å². The number of hydrogen-bond acceptors (Lipinski definition) is 6. The van der Waals surface area contributed by atoms with E-state index in [2.05, 4.69) is 20.6 Å². The maximum Gasteiger partial charge on any atom is 0.322 e. The van der Waals surface area contributed by atoms with Gasteiger partial charge in [0.1, 0.15) is 11.5 Å². The van der Waals surface area contributed by atoms with Gasteiger partial charge in [0.05, 0.1) is 0 Å². The van der Waals surface area contributed by atoms with Gasteiger partial charge in [-0.05, 0) is 44.2 Å². The highest BCUT2D eigenvalue weighted by Crippen LogP contribution is 2.23. The van der Waals surface area contributed by atoms with Crippen LogP contribution in [0.5, 0.6) is 0 Å². The summed E-state index contributed by atoms with van der Waals surface area (Å²) in [4.78, 5) is 12.9. The smallest absolute Gasteiger partial charge is 0.322 e. The first-order chi connectivity index (χ1) is 12.5. The molecule has 0 bridgehead atoms. The predicted molar refractivity (Wildman–Crippen MR) is 96.3 cm³/mol. The number of anilines is 1. The second-order valence-electron chi connectivity index (χ2n) is 5.77. The van der Waals surface area contributed by atoms with Gasteiger partial charge in [0.2, 0.25) is 5.91 Å². The molecule has 26 heavy (non-hydrogen) atoms. The Labute approximate surface area is 154 Å². The van der Waals surface area contributed by atoms with Crippen LogP contribution < -0.4 is 5.32 Å². The maximum atomic E-state index is 12.9. The van der Waals surface area contributed by atoms with E-state index in [1.165, 1.54) is 23.9 Å². The second-order valence-corrected chi connectivity index (χ2v) is 6.94. The van der Waals surface area contributed by atoms with E-state index in [0.29, 0.717) is 17.3 Å². The lowest BCUT2D eigenvalue weighted by atomic mass is 10.3. The Bertz CT molecular complexity index is 875. The van der Waals surface area contributed by atoms with E-state index in [1.54, 1.807) is 29.1 Å². The Hall–Kier alpha value is -2.68. The lowest BCUT2D eigenvalue weighted by Crippen LogP contribution is -2.12. The zero-order valence-electron chi connectivity index (χ0n) is 14.3. The minimum Gasteiger partial charge on any atom is -0.401 e. The third-order valence-electron chi connectivity index (χ3n) is 3.46. The SMILES string of the molecule is CC(C)n1nccc1-c1nnc(NC(=O)CCSc2ccc(F)cc2)o1. The van der Waals surface area contributed by atoms with E-state index in [0.717, 1.165) is 4.90 Å². The molecular weight excluding hydrogens is 357 g/mol. The number of nitrogens with zero attached hydrogens (tertiary/aromatic N) is 4. The van der Waals surface area contributed by atoms with Gasteiger partial charge in [-0.2, -0.15) is 5.10 Å². The van der Waals surface area contributed by atoms with Gasteiger partial charge < -0.3 is 4.42 Å². The van der Waals surface area contributed by atoms with E-state index in [9.17, 15) is 9.18 Å². The summed E-state index contributed by atoms with van der Waals surface area (Å²) in [6, 6.07) is 8.12. The topological polar surface area (TPSA) is 85.8 Å². The summed E-state index contributed by atoms with van der Waals surface area (Å²) in [5.74, 6) is 0.343. The number of benzene rings is 1. The zero-order valence-corrected chi connectivity index (χ0v) is 15.2. The summed E-state index contributed by atoms with van der Waals surface area (Å²) < 4.78 is 20.1. The molecule has 1 amide bonds. The fraction of sp³-hybridized carbons (Fsp3) is 0.294. The third-order valence-corrected chi connectivity index (χ3v) is 4.48. The molecule has 1 aromatic carbocycles. The first-order valence-corrected chi connectivity index (χ1v) is 9.07. The van der Waals surface area contributed by atoms with Crippen molar-refractivity contribution in [2.45, 2.75) is 31.2 Å². The molecule has 0 unspecified atom stereocenters. The predicted octanol–water partition coefficient (Wildman–Crippen LogP) is 3.77. The Balaban J connectivity index is 1.53. The van der Waals surface area contributed by atoms with Gasteiger partial charge in [-0.1, -0.05) is 5.10 Å². The summed E-state index contributed by atoms with van der Waals surface area (Å²) in [5, 5.41) is 14.6. The molecule has 136 valence electrons. The highest BCUT2D eigenvalue weighted by atomic mass is 32.2. The van der Waals surface area contributed by atoms with Crippen LogP contribution in [0.2, 0.25) is 0 Å². The normalized spacial score (nSPS) is 11.1. The summed E-state index contributed by atoms with van der Waals surface area (Å²) in [7, 11) is 0. The van der Waals surface area contributed by atoms with Gasteiger partial charge >= 0.3 is 6.01 Å². The zero-order chi connectivity index (χ0) is 18.5. The van der Waals surface area contributed by atoms with Crippen molar-refractivity contribution in [3.8, 4) is 11.6 Å². The molecule has 7 nitrogen and oxygen atoms in total. The van der Waals surface area contributed by atoms with Crippen molar-refractivity contribution < 1.29 is 13.6 Å². The van der Waals surface area contributed by atoms with Crippen LogP contribution in [-0.2, 0) is 4.79 Å². The van der Waals surface area contributed by atoms with Crippen LogP contribution in [0.4, 0.5) is 10.4 Å². The van der Waals surface area contributed by atoms with Crippen LogP contribution in [0, 0.1) is 5.82 Å². The number of rotatable bonds is 7. The summed E-state index contributed by atoms with van der Waals surface area (Å²) >= 11 is 1.47. The molecule has 0 spiro atoms. The molecular formula is C17H18FN5O2S. The fourth-order valence-corrected chi connectivity index (χ4v) is 3.10. The number of amides is 1. The van der Waals surface area contributed by atoms with E-state index in [4.69, 9.17) is 4.42 Å². The molecule has 0 saturated heterocycles. The third kappa shape index (κ3) is 4.48. The van der Waals surface area contributed by atoms with Gasteiger partial charge in [-0.25, -0.2) is 4.39 Å². The van der Waals surface area contributed by atoms with Crippen LogP contribution in [0.3, 0.4) is 0 Å². The number of hydrogen-bond donors (Lipinski definition) is 1. The molecule has 3 rings (SSSR count). The number of halogens is 1. The second kappa shape index (κ2) is 8.13. The molecule has 2 aromatic heterocycles. The number of carbonyl (C=O) groups is 1. The average Bonchev–Trinajstić information content (AvgIpc) is 3.25. The Morgan fingerprint density at radius 3 is 2.77 bits per heavy atom. The fourth-order valence-electron chi connectivity index (χ4n) is 2.25. The number of carbonyl (C=O) groups excluding carboxylic acids is 1. The average molecular weight is 375 g/mol. The van der Waals surface area contributed by atoms with Gasteiger partial charge in [-0.15, -0.1) is 16.9 Å². The van der Waals surface area contributed by atoms with Crippen LogP contribution in [0.15, 0.2) is 45.8 Å². The van der Waals surface area contributed by atoms with Crippen LogP contribution in [-0.4, -0.2) is 31.6 Å². The minimum absolute atomic E-state index is 0.0493. The van der Waals surface area contributed by atoms with Crippen LogP contribution >= 0.6 is 11.8 Å². The first kappa shape index (κ1) is 18.1. The summed E-state index contributed by atoms with van der Waals surface area (Å²) in [6.07, 6.45) is 1.92. The number of nitrogens with one attached hydrogen (secondary N) is 1. The molecule has 0 aliphatic carbocycles. The van der Waals surface area contributed by atoms with Gasteiger partial charge in [0, 0.05) is 29.3 Å². The van der Waals surface area contributed by atoms with Crippen molar-refractivity contribution in [3.63, 3.8) is 0 Å². The van der Waals surface area contributed by atoms with E-state index in [-0.39, 0.29) is 30.2 Å². The first-order valence-electron chi connectivity index (χ1n) is 8.08. The Kier molecular flexibility index (Phi) is 5.67. The number of aromatic nitrogens is 4. The van der Waals surface area contributed by atoms with Crippen molar-refractivity contribution in [3.05, 3.63) is 42.3 Å². The van der Waals surface area contributed by atoms with Gasteiger partial charge in [0.25, 0.3) is 5.89 Å². The summed E-state index contributed by atoms with van der Waals surface area (Å²) in [6.45, 7) is 3.99. The molecule has 2 heterocycles. The standard InChI is InChI=1S/C17H18FN5O2S/c1-11(2)23-14(7-9-19-23)16-21-22-17(25-16)20-15(24)8-10-26-13-5-3-12(18)4-6-13/h3-7,9,11H,8,10H2,1-2H3,(H,20,22,24). The van der Waals surface area contributed by atoms with Crippen molar-refractivity contribution in [1.82, 2.24) is 20.0 Å². The van der Waals surface area contributed by atoms with E-state index in [1.807, 2.05) is 13.8 Å². The quantitative estimate of drug-likeness (QED) is 0.633. The molecule has 1 N–H and O–H groups in total. The molecule has 0 atom stereocenters. The van der Waals surface area contributed by atoms with E-state index < -0.39 is 0 Å². The molecule has 0 radical (unpaired) electrons. The molecule has 0 saturated carbocycles. The van der Waals surface area contributed by atoms with Crippen molar-refractivity contribution >= 4 is 23.7 Å². The number of thioether (sulfide) groups is 1. The van der Waals surface area contributed by atoms with Crippen molar-refractivity contribution in [1.29, 1.82) is 0 Å². The molecule has 9 heteroatoms. The monoisotopic (exact) mass is 375 g/mol. The Morgan fingerprint density at radius 2 is 2.04 bits per heavy atom. The van der Waals surface area contributed by atoms with Crippen LogP contribution in [0.1, 0.15) is 26.3 Å². The molecule has 0 aliphatic heterocycles. The lowest BCUT2D eigenvalue weighted by molar-refractivity contribution is -0.115. The molecule has 0 aliphatic rings. The van der Waals surface area contributed by atoms with E-state index >= 15 is 0 Å². The maximum absolute atomic E-state index is 12.9. The minimum atomic E-state index is -0.280. The molecule has 3 aromatic rings.